The lowest BCUT2D eigenvalue weighted by Gasteiger charge is -2.06. The highest BCUT2D eigenvalue weighted by Crippen LogP contribution is 2.15. The molecule has 0 radical (unpaired) electrons. The standard InChI is InChI=1S/C7H10O3/c1-3-5(2)10-7(8)6-4-9-6/h4-5H,3H2,1-2H3. The SMILES string of the molecule is CCC(C)OC(=O)C1=CO1. The van der Waals surface area contributed by atoms with Gasteiger partial charge in [-0.25, -0.2) is 4.79 Å². The van der Waals surface area contributed by atoms with E-state index in [-0.39, 0.29) is 12.1 Å². The second-order valence-electron chi connectivity index (χ2n) is 2.22. The summed E-state index contributed by atoms with van der Waals surface area (Å²) in [4.78, 5) is 10.8. The molecule has 10 heavy (non-hydrogen) atoms. The van der Waals surface area contributed by atoms with Gasteiger partial charge in [-0.1, -0.05) is 6.92 Å². The molecule has 56 valence electrons. The molecule has 0 N–H and O–H groups in total. The molecule has 0 aromatic carbocycles. The third-order valence-electron chi connectivity index (χ3n) is 1.32. The quantitative estimate of drug-likeness (QED) is 0.556. The Labute approximate surface area is 59.6 Å². The molecule has 1 rings (SSSR count). The summed E-state index contributed by atoms with van der Waals surface area (Å²) in [7, 11) is 0. The van der Waals surface area contributed by atoms with Crippen LogP contribution in [0.5, 0.6) is 0 Å². The molecule has 0 amide bonds. The number of hydrogen-bond acceptors (Lipinski definition) is 3. The summed E-state index contributed by atoms with van der Waals surface area (Å²) < 4.78 is 9.42. The van der Waals surface area contributed by atoms with Crippen molar-refractivity contribution < 1.29 is 14.3 Å². The highest BCUT2D eigenvalue weighted by Gasteiger charge is 2.23. The van der Waals surface area contributed by atoms with E-state index < -0.39 is 0 Å². The van der Waals surface area contributed by atoms with Gasteiger partial charge in [-0.3, -0.25) is 0 Å². The Morgan fingerprint density at radius 1 is 1.90 bits per heavy atom. The largest absolute Gasteiger partial charge is 0.457 e. The van der Waals surface area contributed by atoms with Crippen molar-refractivity contribution in [3.05, 3.63) is 12.0 Å². The van der Waals surface area contributed by atoms with Crippen LogP contribution in [0.25, 0.3) is 0 Å². The van der Waals surface area contributed by atoms with Crippen LogP contribution < -0.4 is 0 Å². The van der Waals surface area contributed by atoms with Crippen molar-refractivity contribution >= 4 is 5.97 Å². The van der Waals surface area contributed by atoms with E-state index in [9.17, 15) is 4.79 Å². The fourth-order valence-corrected chi connectivity index (χ4v) is 0.450. The Kier molecular flexibility index (Phi) is 1.94. The van der Waals surface area contributed by atoms with Gasteiger partial charge in [0.1, 0.15) is 6.26 Å². The molecule has 3 nitrogen and oxygen atoms in total. The molecule has 1 aliphatic rings. The normalized spacial score (nSPS) is 16.8. The van der Waals surface area contributed by atoms with Crippen molar-refractivity contribution in [2.45, 2.75) is 26.4 Å². The summed E-state index contributed by atoms with van der Waals surface area (Å²) in [6.45, 7) is 3.81. The zero-order chi connectivity index (χ0) is 7.56. The maximum absolute atomic E-state index is 10.8. The van der Waals surface area contributed by atoms with Crippen LogP contribution in [0, 0.1) is 0 Å². The molecule has 1 heterocycles. The summed E-state index contributed by atoms with van der Waals surface area (Å²) in [6.07, 6.45) is 2.20. The molecule has 0 fully saturated rings. The van der Waals surface area contributed by atoms with E-state index in [2.05, 4.69) is 4.74 Å². The molecule has 0 bridgehead atoms. The predicted octanol–water partition coefficient (Wildman–Crippen LogP) is 1.20. The van der Waals surface area contributed by atoms with Gasteiger partial charge >= 0.3 is 5.97 Å². The number of carbonyl (C=O) groups excluding carboxylic acids is 1. The smallest absolute Gasteiger partial charge is 0.377 e. The average molecular weight is 142 g/mol. The highest BCUT2D eigenvalue weighted by molar-refractivity contribution is 5.88. The number of ether oxygens (including phenoxy) is 2. The molecular weight excluding hydrogens is 132 g/mol. The van der Waals surface area contributed by atoms with Crippen LogP contribution in [-0.2, 0) is 14.3 Å². The van der Waals surface area contributed by atoms with Gasteiger partial charge in [0.05, 0.1) is 6.10 Å². The van der Waals surface area contributed by atoms with Gasteiger partial charge < -0.3 is 9.47 Å². The summed E-state index contributed by atoms with van der Waals surface area (Å²) in [5.41, 5.74) is 0. The zero-order valence-electron chi connectivity index (χ0n) is 6.09. The van der Waals surface area contributed by atoms with Gasteiger partial charge in [0.2, 0.25) is 5.76 Å². The van der Waals surface area contributed by atoms with Crippen LogP contribution in [0.1, 0.15) is 20.3 Å². The second kappa shape index (κ2) is 2.73. The number of hydrogen-bond donors (Lipinski definition) is 0. The van der Waals surface area contributed by atoms with Gasteiger partial charge in [0, 0.05) is 0 Å². The Bertz CT molecular complexity index is 172. The Balaban J connectivity index is 2.23. The lowest BCUT2D eigenvalue weighted by molar-refractivity contribution is -0.144. The van der Waals surface area contributed by atoms with Crippen molar-refractivity contribution in [3.8, 4) is 0 Å². The predicted molar refractivity (Wildman–Crippen MR) is 35.0 cm³/mol. The Hall–Kier alpha value is -0.990. The summed E-state index contributed by atoms with van der Waals surface area (Å²) in [5, 5.41) is 0. The molecule has 1 unspecified atom stereocenters. The van der Waals surface area contributed by atoms with Crippen LogP contribution in [0.3, 0.4) is 0 Å². The van der Waals surface area contributed by atoms with Crippen molar-refractivity contribution in [3.63, 3.8) is 0 Å². The van der Waals surface area contributed by atoms with Crippen molar-refractivity contribution in [1.29, 1.82) is 0 Å². The maximum atomic E-state index is 10.8. The minimum Gasteiger partial charge on any atom is -0.457 e. The van der Waals surface area contributed by atoms with Crippen molar-refractivity contribution in [2.24, 2.45) is 0 Å². The third-order valence-corrected chi connectivity index (χ3v) is 1.32. The summed E-state index contributed by atoms with van der Waals surface area (Å²) >= 11 is 0. The molecule has 0 saturated carbocycles. The average Bonchev–Trinajstić information content (AvgIpc) is 2.68. The van der Waals surface area contributed by atoms with E-state index >= 15 is 0 Å². The molecule has 0 aromatic rings. The van der Waals surface area contributed by atoms with Crippen LogP contribution in [0.2, 0.25) is 0 Å². The van der Waals surface area contributed by atoms with Gasteiger partial charge in [-0.15, -0.1) is 0 Å². The molecule has 1 atom stereocenters. The number of rotatable bonds is 3. The topological polar surface area (TPSA) is 38.8 Å². The summed E-state index contributed by atoms with van der Waals surface area (Å²) in [5.74, 6) is -0.0188. The first kappa shape index (κ1) is 7.12. The molecule has 3 heteroatoms. The van der Waals surface area contributed by atoms with Crippen LogP contribution in [0.15, 0.2) is 12.0 Å². The van der Waals surface area contributed by atoms with Gasteiger partial charge in [-0.2, -0.15) is 0 Å². The first-order valence-electron chi connectivity index (χ1n) is 3.32. The van der Waals surface area contributed by atoms with Crippen LogP contribution in [0.4, 0.5) is 0 Å². The van der Waals surface area contributed by atoms with E-state index in [1.165, 1.54) is 6.26 Å². The monoisotopic (exact) mass is 142 g/mol. The molecular formula is C7H10O3. The molecule has 0 saturated heterocycles. The summed E-state index contributed by atoms with van der Waals surface area (Å²) in [6, 6.07) is 0. The molecule has 0 spiro atoms. The van der Waals surface area contributed by atoms with Gasteiger partial charge in [0.15, 0.2) is 0 Å². The van der Waals surface area contributed by atoms with Gasteiger partial charge in [0.25, 0.3) is 0 Å². The minimum atomic E-state index is -0.352. The van der Waals surface area contributed by atoms with Crippen LogP contribution in [-0.4, -0.2) is 12.1 Å². The molecule has 0 aromatic heterocycles. The van der Waals surface area contributed by atoms with E-state index in [0.29, 0.717) is 5.76 Å². The van der Waals surface area contributed by atoms with Crippen molar-refractivity contribution in [1.82, 2.24) is 0 Å². The fraction of sp³-hybridized carbons (Fsp3) is 0.571. The van der Waals surface area contributed by atoms with Crippen molar-refractivity contribution in [2.75, 3.05) is 0 Å². The highest BCUT2D eigenvalue weighted by atomic mass is 16.6. The lowest BCUT2D eigenvalue weighted by Crippen LogP contribution is -2.12. The number of carbonyl (C=O) groups is 1. The van der Waals surface area contributed by atoms with Crippen LogP contribution >= 0.6 is 0 Å². The second-order valence-corrected chi connectivity index (χ2v) is 2.22. The molecule has 0 aliphatic carbocycles. The van der Waals surface area contributed by atoms with E-state index in [0.717, 1.165) is 6.42 Å². The first-order chi connectivity index (χ1) is 4.74. The Morgan fingerprint density at radius 2 is 2.50 bits per heavy atom. The fourth-order valence-electron chi connectivity index (χ4n) is 0.450. The van der Waals surface area contributed by atoms with Gasteiger partial charge in [-0.05, 0) is 13.3 Å². The third kappa shape index (κ3) is 1.76. The zero-order valence-corrected chi connectivity index (χ0v) is 6.09. The number of esters is 1. The first-order valence-corrected chi connectivity index (χ1v) is 3.32. The van der Waals surface area contributed by atoms with E-state index in [4.69, 9.17) is 4.74 Å². The Morgan fingerprint density at radius 3 is 2.90 bits per heavy atom. The maximum Gasteiger partial charge on any atom is 0.377 e. The minimum absolute atomic E-state index is 0.0161. The van der Waals surface area contributed by atoms with E-state index in [1.54, 1.807) is 0 Å². The molecule has 1 aliphatic heterocycles. The lowest BCUT2D eigenvalue weighted by atomic mass is 10.3. The van der Waals surface area contributed by atoms with E-state index in [1.807, 2.05) is 13.8 Å².